The van der Waals surface area contributed by atoms with Gasteiger partial charge in [0.1, 0.15) is 0 Å². The second kappa shape index (κ2) is 8.74. The third kappa shape index (κ3) is 4.72. The molecule has 1 heterocycles. The molecule has 1 aliphatic carbocycles. The summed E-state index contributed by atoms with van der Waals surface area (Å²) in [5.74, 6) is 0.245. The Balaban J connectivity index is 1.24. The number of ether oxygens (including phenoxy) is 2. The van der Waals surface area contributed by atoms with Gasteiger partial charge in [0.15, 0.2) is 17.3 Å². The van der Waals surface area contributed by atoms with Gasteiger partial charge in [0.25, 0.3) is 21.7 Å². The van der Waals surface area contributed by atoms with Crippen molar-refractivity contribution in [3.63, 3.8) is 0 Å². The number of benzene rings is 3. The largest absolute Gasteiger partial charge is 0.448 e. The van der Waals surface area contributed by atoms with E-state index in [0.717, 1.165) is 25.7 Å². The zero-order valence-corrected chi connectivity index (χ0v) is 19.9. The number of fused-ring (bicyclic) bond motifs is 1. The third-order valence-corrected chi connectivity index (χ3v) is 7.53. The number of Topliss-reactive ketones (excluding diaryl/α,β-unsaturated/α-hetero) is 1. The summed E-state index contributed by atoms with van der Waals surface area (Å²) in [6.45, 7) is 1.41. The zero-order chi connectivity index (χ0) is 24.6. The van der Waals surface area contributed by atoms with Crippen molar-refractivity contribution in [1.82, 2.24) is 0 Å². The molecule has 0 bridgehead atoms. The summed E-state index contributed by atoms with van der Waals surface area (Å²) < 4.78 is 39.8. The molecule has 2 aliphatic rings. The SMILES string of the molecule is CC(=O)c1ccc(S(=O)(=O)Nc2ccc(C(=O)Nc3ccc4c(c3)OC3(CCCC3)O4)cc2)cc1. The molecule has 0 unspecified atom stereocenters. The molecule has 3 aromatic rings. The van der Waals surface area contributed by atoms with Gasteiger partial charge < -0.3 is 14.8 Å². The monoisotopic (exact) mass is 492 g/mol. The molecule has 0 aromatic heterocycles. The molecule has 3 aromatic carbocycles. The van der Waals surface area contributed by atoms with E-state index in [2.05, 4.69) is 10.0 Å². The molecule has 5 rings (SSSR count). The van der Waals surface area contributed by atoms with Crippen LogP contribution in [0, 0.1) is 0 Å². The summed E-state index contributed by atoms with van der Waals surface area (Å²) >= 11 is 0. The van der Waals surface area contributed by atoms with Crippen molar-refractivity contribution in [2.75, 3.05) is 10.0 Å². The van der Waals surface area contributed by atoms with Crippen LogP contribution < -0.4 is 19.5 Å². The molecule has 0 radical (unpaired) electrons. The van der Waals surface area contributed by atoms with Crippen LogP contribution in [0.4, 0.5) is 11.4 Å². The molecule has 0 saturated heterocycles. The van der Waals surface area contributed by atoms with Crippen molar-refractivity contribution in [3.05, 3.63) is 77.9 Å². The lowest BCUT2D eigenvalue weighted by atomic mass is 10.2. The van der Waals surface area contributed by atoms with Crippen LogP contribution in [0.2, 0.25) is 0 Å². The lowest BCUT2D eigenvalue weighted by Gasteiger charge is -2.21. The Labute approximate surface area is 203 Å². The summed E-state index contributed by atoms with van der Waals surface area (Å²) in [5.41, 5.74) is 1.68. The number of sulfonamides is 1. The van der Waals surface area contributed by atoms with Gasteiger partial charge in [-0.05, 0) is 68.3 Å². The van der Waals surface area contributed by atoms with Crippen LogP contribution in [-0.2, 0) is 10.0 Å². The van der Waals surface area contributed by atoms with Gasteiger partial charge in [-0.25, -0.2) is 8.42 Å². The van der Waals surface area contributed by atoms with Crippen LogP contribution in [-0.4, -0.2) is 25.9 Å². The molecule has 1 aliphatic heterocycles. The Morgan fingerprint density at radius 2 is 1.40 bits per heavy atom. The molecule has 1 spiro atoms. The van der Waals surface area contributed by atoms with Crippen LogP contribution in [0.3, 0.4) is 0 Å². The van der Waals surface area contributed by atoms with Gasteiger partial charge in [-0.3, -0.25) is 14.3 Å². The van der Waals surface area contributed by atoms with Gasteiger partial charge in [-0.1, -0.05) is 12.1 Å². The van der Waals surface area contributed by atoms with Crippen molar-refractivity contribution in [2.24, 2.45) is 0 Å². The average molecular weight is 493 g/mol. The topological polar surface area (TPSA) is 111 Å². The quantitative estimate of drug-likeness (QED) is 0.470. The number of anilines is 2. The van der Waals surface area contributed by atoms with Gasteiger partial charge in [0, 0.05) is 41.4 Å². The van der Waals surface area contributed by atoms with Crippen LogP contribution >= 0.6 is 0 Å². The number of hydrogen-bond acceptors (Lipinski definition) is 6. The average Bonchev–Trinajstić information content (AvgIpc) is 3.44. The predicted octanol–water partition coefficient (Wildman–Crippen LogP) is 4.98. The van der Waals surface area contributed by atoms with E-state index in [9.17, 15) is 18.0 Å². The van der Waals surface area contributed by atoms with E-state index in [0.29, 0.717) is 34.0 Å². The lowest BCUT2D eigenvalue weighted by Crippen LogP contribution is -2.34. The minimum Gasteiger partial charge on any atom is -0.448 e. The van der Waals surface area contributed by atoms with E-state index in [-0.39, 0.29) is 16.6 Å². The van der Waals surface area contributed by atoms with E-state index in [1.807, 2.05) is 0 Å². The Kier molecular flexibility index (Phi) is 5.72. The molecule has 8 nitrogen and oxygen atoms in total. The van der Waals surface area contributed by atoms with E-state index < -0.39 is 15.8 Å². The second-order valence-electron chi connectivity index (χ2n) is 8.70. The fourth-order valence-corrected chi connectivity index (χ4v) is 5.32. The lowest BCUT2D eigenvalue weighted by molar-refractivity contribution is -0.0716. The molecule has 0 atom stereocenters. The Morgan fingerprint density at radius 3 is 2.06 bits per heavy atom. The molecule has 180 valence electrons. The number of carbonyl (C=O) groups excluding carboxylic acids is 2. The normalized spacial score (nSPS) is 15.7. The Morgan fingerprint density at radius 1 is 0.800 bits per heavy atom. The minimum atomic E-state index is -3.84. The second-order valence-corrected chi connectivity index (χ2v) is 10.4. The van der Waals surface area contributed by atoms with Gasteiger partial charge >= 0.3 is 0 Å². The first-order chi connectivity index (χ1) is 16.7. The maximum Gasteiger partial charge on any atom is 0.261 e. The van der Waals surface area contributed by atoms with E-state index in [1.165, 1.54) is 55.5 Å². The van der Waals surface area contributed by atoms with Crippen LogP contribution in [0.5, 0.6) is 11.5 Å². The van der Waals surface area contributed by atoms with Crippen molar-refractivity contribution >= 4 is 33.1 Å². The molecule has 35 heavy (non-hydrogen) atoms. The van der Waals surface area contributed by atoms with Gasteiger partial charge in [-0.2, -0.15) is 0 Å². The number of ketones is 1. The number of nitrogens with one attached hydrogen (secondary N) is 2. The van der Waals surface area contributed by atoms with Crippen LogP contribution in [0.1, 0.15) is 53.3 Å². The Bertz CT molecular complexity index is 1390. The summed E-state index contributed by atoms with van der Waals surface area (Å²) in [5, 5.41) is 2.83. The summed E-state index contributed by atoms with van der Waals surface area (Å²) in [6, 6.07) is 17.1. The molecule has 1 fully saturated rings. The summed E-state index contributed by atoms with van der Waals surface area (Å²) in [6.07, 6.45) is 3.83. The van der Waals surface area contributed by atoms with Crippen molar-refractivity contribution in [2.45, 2.75) is 43.3 Å². The van der Waals surface area contributed by atoms with Gasteiger partial charge in [0.05, 0.1) is 4.90 Å². The predicted molar refractivity (Wildman–Crippen MR) is 131 cm³/mol. The van der Waals surface area contributed by atoms with Crippen molar-refractivity contribution in [3.8, 4) is 11.5 Å². The standard InChI is InChI=1S/C26H24N2O6S/c1-17(29)18-6-11-22(12-7-18)35(31,32)28-20-8-4-19(5-9-20)25(30)27-21-10-13-23-24(16-21)34-26(33-23)14-2-3-15-26/h4-13,16,28H,2-3,14-15H2,1H3,(H,27,30). The smallest absolute Gasteiger partial charge is 0.261 e. The highest BCUT2D eigenvalue weighted by atomic mass is 32.2. The highest BCUT2D eigenvalue weighted by Crippen LogP contribution is 2.47. The maximum atomic E-state index is 12.7. The van der Waals surface area contributed by atoms with Crippen molar-refractivity contribution < 1.29 is 27.5 Å². The van der Waals surface area contributed by atoms with E-state index >= 15 is 0 Å². The highest BCUT2D eigenvalue weighted by molar-refractivity contribution is 7.92. The molecule has 2 N–H and O–H groups in total. The first-order valence-corrected chi connectivity index (χ1v) is 12.8. The first-order valence-electron chi connectivity index (χ1n) is 11.3. The van der Waals surface area contributed by atoms with Crippen LogP contribution in [0.15, 0.2) is 71.6 Å². The summed E-state index contributed by atoms with van der Waals surface area (Å²) in [7, 11) is -3.84. The van der Waals surface area contributed by atoms with E-state index in [1.54, 1.807) is 18.2 Å². The summed E-state index contributed by atoms with van der Waals surface area (Å²) in [4.78, 5) is 24.1. The van der Waals surface area contributed by atoms with Gasteiger partial charge in [0.2, 0.25) is 0 Å². The zero-order valence-electron chi connectivity index (χ0n) is 19.0. The number of carbonyl (C=O) groups is 2. The van der Waals surface area contributed by atoms with Gasteiger partial charge in [-0.15, -0.1) is 0 Å². The Hall–Kier alpha value is -3.85. The fraction of sp³-hybridized carbons (Fsp3) is 0.231. The maximum absolute atomic E-state index is 12.7. The number of rotatable bonds is 6. The molecule has 1 saturated carbocycles. The van der Waals surface area contributed by atoms with Crippen molar-refractivity contribution in [1.29, 1.82) is 0 Å². The van der Waals surface area contributed by atoms with E-state index in [4.69, 9.17) is 9.47 Å². The molecule has 1 amide bonds. The minimum absolute atomic E-state index is 0.0338. The first kappa shape index (κ1) is 22.9. The third-order valence-electron chi connectivity index (χ3n) is 6.13. The molecular formula is C26H24N2O6S. The highest BCUT2D eigenvalue weighted by Gasteiger charge is 2.44. The number of hydrogen-bond donors (Lipinski definition) is 2. The molecular weight excluding hydrogens is 468 g/mol. The molecule has 9 heteroatoms. The fourth-order valence-electron chi connectivity index (χ4n) is 4.27. The van der Waals surface area contributed by atoms with Crippen LogP contribution in [0.25, 0.3) is 0 Å². The number of amides is 1.